The van der Waals surface area contributed by atoms with Gasteiger partial charge in [-0.25, -0.2) is 0 Å². The summed E-state index contributed by atoms with van der Waals surface area (Å²) in [6.07, 6.45) is -0.202. The van der Waals surface area contributed by atoms with Gasteiger partial charge in [-0.2, -0.15) is 0 Å². The second-order valence-electron chi connectivity index (χ2n) is 5.34. The number of carbonyl (C=O) groups excluding carboxylic acids is 1. The van der Waals surface area contributed by atoms with Crippen LogP contribution in [0.1, 0.15) is 15.9 Å². The van der Waals surface area contributed by atoms with Crippen molar-refractivity contribution in [1.29, 1.82) is 0 Å². The molecule has 0 aromatic heterocycles. The molecule has 2 aromatic rings. The van der Waals surface area contributed by atoms with Gasteiger partial charge in [-0.3, -0.25) is 4.79 Å². The lowest BCUT2D eigenvalue weighted by Crippen LogP contribution is -2.48. The van der Waals surface area contributed by atoms with Gasteiger partial charge >= 0.3 is 0 Å². The number of rotatable bonds is 6. The van der Waals surface area contributed by atoms with Gasteiger partial charge in [-0.15, -0.1) is 0 Å². The summed E-state index contributed by atoms with van der Waals surface area (Å²) in [7, 11) is 1.71. The second-order valence-corrected chi connectivity index (χ2v) is 5.34. The van der Waals surface area contributed by atoms with E-state index in [1.54, 1.807) is 24.1 Å². The first-order valence-electron chi connectivity index (χ1n) is 7.37. The molecular weight excluding hydrogens is 276 g/mol. The molecular formula is C18H22N2O2. The van der Waals surface area contributed by atoms with Crippen molar-refractivity contribution < 1.29 is 9.90 Å². The summed E-state index contributed by atoms with van der Waals surface area (Å²) in [6, 6.07) is 18.5. The van der Waals surface area contributed by atoms with E-state index in [2.05, 4.69) is 0 Å². The van der Waals surface area contributed by atoms with E-state index in [4.69, 9.17) is 5.73 Å². The van der Waals surface area contributed by atoms with Gasteiger partial charge < -0.3 is 15.7 Å². The third kappa shape index (κ3) is 3.93. The number of aliphatic hydroxyl groups excluding tert-OH is 1. The van der Waals surface area contributed by atoms with Gasteiger partial charge in [0, 0.05) is 19.2 Å². The number of likely N-dealkylation sites (N-methyl/N-ethyl adjacent to an activating group) is 1. The van der Waals surface area contributed by atoms with E-state index in [1.165, 1.54) is 0 Å². The van der Waals surface area contributed by atoms with Gasteiger partial charge in [0.15, 0.2) is 0 Å². The molecule has 22 heavy (non-hydrogen) atoms. The van der Waals surface area contributed by atoms with Crippen molar-refractivity contribution >= 4 is 5.91 Å². The van der Waals surface area contributed by atoms with Crippen molar-refractivity contribution in [3.05, 3.63) is 71.8 Å². The summed E-state index contributed by atoms with van der Waals surface area (Å²) < 4.78 is 0. The molecule has 3 N–H and O–H groups in total. The fourth-order valence-electron chi connectivity index (χ4n) is 2.48. The Morgan fingerprint density at radius 3 is 2.18 bits per heavy atom. The fraction of sp³-hybridized carbons (Fsp3) is 0.278. The van der Waals surface area contributed by atoms with Crippen molar-refractivity contribution in [2.45, 2.75) is 18.6 Å². The predicted octanol–water partition coefficient (Wildman–Crippen LogP) is 1.69. The Balaban J connectivity index is 2.19. The van der Waals surface area contributed by atoms with Crippen LogP contribution in [-0.4, -0.2) is 41.7 Å². The number of amides is 1. The molecule has 1 amide bonds. The number of benzene rings is 2. The molecule has 4 heteroatoms. The second kappa shape index (κ2) is 7.73. The lowest BCUT2D eigenvalue weighted by molar-refractivity contribution is 0.0468. The largest absolute Gasteiger partial charge is 0.390 e. The molecule has 0 spiro atoms. The summed E-state index contributed by atoms with van der Waals surface area (Å²) in [5.41, 5.74) is 7.28. The number of aliphatic hydroxyl groups is 1. The quantitative estimate of drug-likeness (QED) is 0.853. The summed E-state index contributed by atoms with van der Waals surface area (Å²) in [5.74, 6) is -0.117. The number of hydrogen-bond donors (Lipinski definition) is 2. The summed E-state index contributed by atoms with van der Waals surface area (Å²) in [5, 5.41) is 10.2. The van der Waals surface area contributed by atoms with Crippen LogP contribution in [0.25, 0.3) is 0 Å². The molecule has 0 aliphatic heterocycles. The SMILES string of the molecule is CN(C(=O)c1ccccc1)[C@@H](Cc1ccccc1)[C@H](O)CN. The lowest BCUT2D eigenvalue weighted by Gasteiger charge is -2.32. The summed E-state index contributed by atoms with van der Waals surface area (Å²) in [4.78, 5) is 14.2. The van der Waals surface area contributed by atoms with E-state index in [1.807, 2.05) is 48.5 Å². The third-order valence-corrected chi connectivity index (χ3v) is 3.81. The van der Waals surface area contributed by atoms with Crippen LogP contribution in [0, 0.1) is 0 Å². The van der Waals surface area contributed by atoms with Crippen molar-refractivity contribution in [2.24, 2.45) is 5.73 Å². The van der Waals surface area contributed by atoms with Crippen molar-refractivity contribution in [1.82, 2.24) is 4.90 Å². The highest BCUT2D eigenvalue weighted by atomic mass is 16.3. The Morgan fingerprint density at radius 2 is 1.64 bits per heavy atom. The van der Waals surface area contributed by atoms with Gasteiger partial charge in [-0.1, -0.05) is 48.5 Å². The minimum Gasteiger partial charge on any atom is -0.390 e. The molecule has 2 rings (SSSR count). The van der Waals surface area contributed by atoms with Crippen LogP contribution in [0.15, 0.2) is 60.7 Å². The molecule has 0 saturated heterocycles. The van der Waals surface area contributed by atoms with E-state index in [9.17, 15) is 9.90 Å². The maximum Gasteiger partial charge on any atom is 0.253 e. The first-order chi connectivity index (χ1) is 10.6. The summed E-state index contributed by atoms with van der Waals surface area (Å²) in [6.45, 7) is 0.115. The van der Waals surface area contributed by atoms with E-state index in [0.717, 1.165) is 5.56 Å². The van der Waals surface area contributed by atoms with Crippen LogP contribution in [-0.2, 0) is 6.42 Å². The van der Waals surface area contributed by atoms with Gasteiger partial charge in [0.05, 0.1) is 12.1 Å². The average molecular weight is 298 g/mol. The van der Waals surface area contributed by atoms with E-state index < -0.39 is 6.10 Å². The molecule has 0 radical (unpaired) electrons. The van der Waals surface area contributed by atoms with Crippen molar-refractivity contribution in [3.8, 4) is 0 Å². The first-order valence-corrected chi connectivity index (χ1v) is 7.37. The molecule has 2 aromatic carbocycles. The first kappa shape index (κ1) is 16.2. The van der Waals surface area contributed by atoms with E-state index >= 15 is 0 Å². The van der Waals surface area contributed by atoms with Crippen molar-refractivity contribution in [3.63, 3.8) is 0 Å². The van der Waals surface area contributed by atoms with Crippen LogP contribution < -0.4 is 5.73 Å². The molecule has 0 aliphatic carbocycles. The van der Waals surface area contributed by atoms with Gasteiger partial charge in [0.2, 0.25) is 0 Å². The maximum absolute atomic E-state index is 12.6. The molecule has 0 heterocycles. The minimum absolute atomic E-state index is 0.115. The number of carbonyl (C=O) groups is 1. The molecule has 0 saturated carbocycles. The van der Waals surface area contributed by atoms with Crippen LogP contribution in [0.5, 0.6) is 0 Å². The van der Waals surface area contributed by atoms with Crippen LogP contribution in [0.4, 0.5) is 0 Å². The highest BCUT2D eigenvalue weighted by Crippen LogP contribution is 2.14. The molecule has 0 aliphatic rings. The van der Waals surface area contributed by atoms with E-state index in [0.29, 0.717) is 12.0 Å². The Bertz CT molecular complexity index is 587. The normalized spacial score (nSPS) is 13.4. The van der Waals surface area contributed by atoms with Crippen LogP contribution in [0.3, 0.4) is 0 Å². The van der Waals surface area contributed by atoms with Gasteiger partial charge in [0.25, 0.3) is 5.91 Å². The smallest absolute Gasteiger partial charge is 0.253 e. The van der Waals surface area contributed by atoms with Gasteiger partial charge in [0.1, 0.15) is 0 Å². The third-order valence-electron chi connectivity index (χ3n) is 3.81. The predicted molar refractivity (Wildman–Crippen MR) is 87.5 cm³/mol. The Morgan fingerprint density at radius 1 is 1.09 bits per heavy atom. The van der Waals surface area contributed by atoms with Crippen LogP contribution in [0.2, 0.25) is 0 Å². The fourth-order valence-corrected chi connectivity index (χ4v) is 2.48. The van der Waals surface area contributed by atoms with Crippen molar-refractivity contribution in [2.75, 3.05) is 13.6 Å². The lowest BCUT2D eigenvalue weighted by atomic mass is 9.99. The highest BCUT2D eigenvalue weighted by Gasteiger charge is 2.27. The van der Waals surface area contributed by atoms with E-state index in [-0.39, 0.29) is 18.5 Å². The highest BCUT2D eigenvalue weighted by molar-refractivity contribution is 5.94. The monoisotopic (exact) mass is 298 g/mol. The zero-order valence-electron chi connectivity index (χ0n) is 12.7. The minimum atomic E-state index is -0.766. The zero-order valence-corrected chi connectivity index (χ0v) is 12.7. The number of hydrogen-bond acceptors (Lipinski definition) is 3. The summed E-state index contributed by atoms with van der Waals surface area (Å²) >= 11 is 0. The molecule has 2 atom stereocenters. The topological polar surface area (TPSA) is 66.6 Å². The molecule has 0 fully saturated rings. The molecule has 4 nitrogen and oxygen atoms in total. The number of nitrogens with two attached hydrogens (primary N) is 1. The molecule has 116 valence electrons. The van der Waals surface area contributed by atoms with Gasteiger partial charge in [-0.05, 0) is 24.1 Å². The molecule has 0 bridgehead atoms. The van der Waals surface area contributed by atoms with Crippen LogP contribution >= 0.6 is 0 Å². The molecule has 0 unspecified atom stereocenters. The Hall–Kier alpha value is -2.17. The maximum atomic E-state index is 12.6. The average Bonchev–Trinajstić information content (AvgIpc) is 2.59. The number of nitrogens with zero attached hydrogens (tertiary/aromatic N) is 1. The Labute approximate surface area is 131 Å². The Kier molecular flexibility index (Phi) is 5.69. The standard InChI is InChI=1S/C18H22N2O2/c1-20(18(22)15-10-6-3-7-11-15)16(17(21)13-19)12-14-8-4-2-5-9-14/h2-11,16-17,21H,12-13,19H2,1H3/t16-,17+/m0/s1. The zero-order chi connectivity index (χ0) is 15.9.